The normalized spacial score (nSPS) is 34.2. The summed E-state index contributed by atoms with van der Waals surface area (Å²) in [6.07, 6.45) is 8.75. The van der Waals surface area contributed by atoms with Gasteiger partial charge in [-0.25, -0.2) is 12.7 Å². The van der Waals surface area contributed by atoms with E-state index in [2.05, 4.69) is 5.32 Å². The van der Waals surface area contributed by atoms with Crippen molar-refractivity contribution < 1.29 is 13.2 Å². The number of benzene rings is 1. The van der Waals surface area contributed by atoms with E-state index in [-0.39, 0.29) is 23.1 Å². The summed E-state index contributed by atoms with van der Waals surface area (Å²) >= 11 is 5.89. The fourth-order valence-electron chi connectivity index (χ4n) is 6.91. The lowest BCUT2D eigenvalue weighted by atomic mass is 9.53. The summed E-state index contributed by atoms with van der Waals surface area (Å²) in [7, 11) is -3.38. The summed E-state index contributed by atoms with van der Waals surface area (Å²) in [5.74, 6) is 2.48. The van der Waals surface area contributed by atoms with Crippen LogP contribution >= 0.6 is 11.6 Å². The maximum absolute atomic E-state index is 13.1. The first kappa shape index (κ1) is 20.8. The van der Waals surface area contributed by atoms with Gasteiger partial charge in [-0.1, -0.05) is 23.7 Å². The van der Waals surface area contributed by atoms with Crippen LogP contribution in [0.1, 0.15) is 56.9 Å². The highest BCUT2D eigenvalue weighted by Gasteiger charge is 2.52. The highest BCUT2D eigenvalue weighted by molar-refractivity contribution is 7.88. The molecule has 0 unspecified atom stereocenters. The number of rotatable bonds is 5. The predicted octanol–water partition coefficient (Wildman–Crippen LogP) is 3.97. The molecule has 6 rings (SSSR count). The molecule has 4 aliphatic carbocycles. The van der Waals surface area contributed by atoms with E-state index < -0.39 is 10.0 Å². The van der Waals surface area contributed by atoms with Crippen molar-refractivity contribution in [1.29, 1.82) is 0 Å². The quantitative estimate of drug-likeness (QED) is 0.738. The van der Waals surface area contributed by atoms with Crippen LogP contribution in [0.25, 0.3) is 0 Å². The molecule has 0 atom stereocenters. The smallest absolute Gasteiger partial charge is 0.223 e. The molecule has 5 aliphatic rings. The van der Waals surface area contributed by atoms with Crippen LogP contribution in [0.5, 0.6) is 0 Å². The Morgan fingerprint density at radius 3 is 2.07 bits per heavy atom. The van der Waals surface area contributed by atoms with E-state index in [0.717, 1.165) is 42.6 Å². The zero-order valence-corrected chi connectivity index (χ0v) is 18.9. The largest absolute Gasteiger partial charge is 0.350 e. The molecular formula is C23H31ClN2O3S. The molecule has 4 saturated carbocycles. The monoisotopic (exact) mass is 450 g/mol. The van der Waals surface area contributed by atoms with Crippen LogP contribution in [0.3, 0.4) is 0 Å². The van der Waals surface area contributed by atoms with Crippen molar-refractivity contribution in [1.82, 2.24) is 9.62 Å². The number of hydrogen-bond acceptors (Lipinski definition) is 3. The third kappa shape index (κ3) is 4.15. The Morgan fingerprint density at radius 1 is 1.00 bits per heavy atom. The van der Waals surface area contributed by atoms with E-state index in [4.69, 9.17) is 11.6 Å². The lowest BCUT2D eigenvalue weighted by Crippen LogP contribution is -2.61. The number of carbonyl (C=O) groups excluding carboxylic acids is 1. The summed E-state index contributed by atoms with van der Waals surface area (Å²) in [4.78, 5) is 13.1. The van der Waals surface area contributed by atoms with Crippen molar-refractivity contribution >= 4 is 27.5 Å². The predicted molar refractivity (Wildman–Crippen MR) is 117 cm³/mol. The molecule has 1 saturated heterocycles. The molecule has 0 aromatic heterocycles. The molecule has 30 heavy (non-hydrogen) atoms. The Morgan fingerprint density at radius 2 is 1.53 bits per heavy atom. The fraction of sp³-hybridized carbons (Fsp3) is 0.696. The van der Waals surface area contributed by atoms with Gasteiger partial charge in [-0.05, 0) is 86.8 Å². The van der Waals surface area contributed by atoms with Gasteiger partial charge in [-0.15, -0.1) is 0 Å². The van der Waals surface area contributed by atoms with Crippen molar-refractivity contribution in [3.05, 3.63) is 34.9 Å². The summed E-state index contributed by atoms with van der Waals surface area (Å²) < 4.78 is 27.2. The van der Waals surface area contributed by atoms with Gasteiger partial charge >= 0.3 is 0 Å². The van der Waals surface area contributed by atoms with Crippen molar-refractivity contribution in [2.75, 3.05) is 13.1 Å². The van der Waals surface area contributed by atoms with Gasteiger partial charge in [0.1, 0.15) is 0 Å². The molecule has 5 nitrogen and oxygen atoms in total. The van der Waals surface area contributed by atoms with Gasteiger partial charge < -0.3 is 5.32 Å². The average Bonchev–Trinajstić information content (AvgIpc) is 2.68. The van der Waals surface area contributed by atoms with Crippen molar-refractivity contribution in [2.24, 2.45) is 23.7 Å². The minimum absolute atomic E-state index is 0.0195. The van der Waals surface area contributed by atoms with E-state index in [1.165, 1.54) is 19.3 Å². The van der Waals surface area contributed by atoms with Gasteiger partial charge in [-0.2, -0.15) is 0 Å². The summed E-state index contributed by atoms with van der Waals surface area (Å²) in [5, 5.41) is 4.07. The molecule has 1 aliphatic heterocycles. The molecule has 1 amide bonds. The van der Waals surface area contributed by atoms with E-state index in [9.17, 15) is 13.2 Å². The number of sulfonamides is 1. The Balaban J connectivity index is 1.17. The third-order valence-corrected chi connectivity index (χ3v) is 10.0. The van der Waals surface area contributed by atoms with Crippen LogP contribution < -0.4 is 5.32 Å². The molecule has 164 valence electrons. The van der Waals surface area contributed by atoms with E-state index in [0.29, 0.717) is 31.0 Å². The molecule has 0 spiro atoms. The first-order chi connectivity index (χ1) is 14.3. The Kier molecular flexibility index (Phi) is 5.39. The zero-order valence-electron chi connectivity index (χ0n) is 17.4. The van der Waals surface area contributed by atoms with Crippen LogP contribution in [0.15, 0.2) is 24.3 Å². The molecular weight excluding hydrogens is 420 g/mol. The Hall–Kier alpha value is -1.11. The van der Waals surface area contributed by atoms with Crippen LogP contribution in [0.2, 0.25) is 5.02 Å². The first-order valence-electron chi connectivity index (χ1n) is 11.3. The molecule has 1 aromatic rings. The molecule has 7 heteroatoms. The standard InChI is InChI=1S/C23H31ClN2O3S/c24-21-3-1-16(2-4-21)15-30(28,29)26-7-5-20(6-8-26)22(27)25-23-12-17-9-18(13-23)11-19(10-17)14-23/h1-4,17-20H,5-15H2,(H,25,27). The van der Waals surface area contributed by atoms with Crippen LogP contribution in [0.4, 0.5) is 0 Å². The molecule has 0 radical (unpaired) electrons. The minimum Gasteiger partial charge on any atom is -0.350 e. The highest BCUT2D eigenvalue weighted by Crippen LogP contribution is 2.55. The second-order valence-electron chi connectivity index (χ2n) is 10.2. The third-order valence-electron chi connectivity index (χ3n) is 7.91. The number of halogens is 1. The van der Waals surface area contributed by atoms with E-state index in [1.54, 1.807) is 28.6 Å². The summed E-state index contributed by atoms with van der Waals surface area (Å²) in [5.41, 5.74) is 0.768. The number of piperidine rings is 1. The highest BCUT2D eigenvalue weighted by atomic mass is 35.5. The van der Waals surface area contributed by atoms with Gasteiger partial charge in [0, 0.05) is 29.6 Å². The van der Waals surface area contributed by atoms with Gasteiger partial charge in [0.15, 0.2) is 0 Å². The number of amides is 1. The van der Waals surface area contributed by atoms with Gasteiger partial charge in [0.2, 0.25) is 15.9 Å². The lowest BCUT2D eigenvalue weighted by Gasteiger charge is -2.57. The van der Waals surface area contributed by atoms with E-state index in [1.807, 2.05) is 0 Å². The van der Waals surface area contributed by atoms with Gasteiger partial charge in [-0.3, -0.25) is 4.79 Å². The van der Waals surface area contributed by atoms with Crippen molar-refractivity contribution in [2.45, 2.75) is 62.7 Å². The maximum atomic E-state index is 13.1. The number of nitrogens with one attached hydrogen (secondary N) is 1. The van der Waals surface area contributed by atoms with Crippen molar-refractivity contribution in [3.8, 4) is 0 Å². The lowest BCUT2D eigenvalue weighted by molar-refractivity contribution is -0.132. The molecule has 4 bridgehead atoms. The number of hydrogen-bond donors (Lipinski definition) is 1. The SMILES string of the molecule is O=C(NC12CC3CC(CC(C3)C1)C2)C1CCN(S(=O)(=O)Cc2ccc(Cl)cc2)CC1. The summed E-state index contributed by atoms with van der Waals surface area (Å²) in [6, 6.07) is 6.94. The average molecular weight is 451 g/mol. The Bertz CT molecular complexity index is 872. The van der Waals surface area contributed by atoms with Crippen LogP contribution in [-0.2, 0) is 20.6 Å². The second-order valence-corrected chi connectivity index (χ2v) is 12.6. The second kappa shape index (κ2) is 7.79. The number of nitrogens with zero attached hydrogens (tertiary/aromatic N) is 1. The van der Waals surface area contributed by atoms with E-state index >= 15 is 0 Å². The zero-order chi connectivity index (χ0) is 20.9. The van der Waals surface area contributed by atoms with Crippen LogP contribution in [0, 0.1) is 23.7 Å². The summed E-state index contributed by atoms with van der Waals surface area (Å²) in [6.45, 7) is 0.851. The fourth-order valence-corrected chi connectivity index (χ4v) is 8.60. The minimum atomic E-state index is -3.38. The van der Waals surface area contributed by atoms with Crippen LogP contribution in [-0.4, -0.2) is 37.3 Å². The molecule has 1 heterocycles. The number of carbonyl (C=O) groups is 1. The first-order valence-corrected chi connectivity index (χ1v) is 13.3. The van der Waals surface area contributed by atoms with Gasteiger partial charge in [0.05, 0.1) is 5.75 Å². The van der Waals surface area contributed by atoms with Crippen molar-refractivity contribution in [3.63, 3.8) is 0 Å². The Labute approximate surface area is 184 Å². The van der Waals surface area contributed by atoms with Gasteiger partial charge in [0.25, 0.3) is 0 Å². The molecule has 1 aromatic carbocycles. The maximum Gasteiger partial charge on any atom is 0.223 e. The molecule has 5 fully saturated rings. The molecule has 1 N–H and O–H groups in total. The topological polar surface area (TPSA) is 66.5 Å².